The number of rotatable bonds is 6. The van der Waals surface area contributed by atoms with E-state index in [0.29, 0.717) is 18.3 Å². The molecule has 7 nitrogen and oxygen atoms in total. The number of phenols is 1. The van der Waals surface area contributed by atoms with Crippen molar-refractivity contribution in [3.8, 4) is 11.5 Å². The summed E-state index contributed by atoms with van der Waals surface area (Å²) in [5, 5.41) is 24.9. The summed E-state index contributed by atoms with van der Waals surface area (Å²) in [4.78, 5) is 0. The Bertz CT molecular complexity index is 624. The van der Waals surface area contributed by atoms with Crippen LogP contribution in [0.2, 0.25) is 0 Å². The third kappa shape index (κ3) is 2.97. The first kappa shape index (κ1) is 13.8. The summed E-state index contributed by atoms with van der Waals surface area (Å²) in [5.74, 6) is 1.49. The van der Waals surface area contributed by atoms with Gasteiger partial charge in [0.1, 0.15) is 0 Å². The molecule has 0 spiro atoms. The van der Waals surface area contributed by atoms with Crippen molar-refractivity contribution in [2.45, 2.75) is 38.4 Å². The first-order valence-electron chi connectivity index (χ1n) is 7.06. The maximum atomic E-state index is 9.59. The van der Waals surface area contributed by atoms with Gasteiger partial charge in [-0.3, -0.25) is 0 Å². The Morgan fingerprint density at radius 3 is 3.00 bits per heavy atom. The van der Waals surface area contributed by atoms with E-state index in [0.717, 1.165) is 24.2 Å². The van der Waals surface area contributed by atoms with Crippen LogP contribution >= 0.6 is 0 Å². The second-order valence-electron chi connectivity index (χ2n) is 5.32. The van der Waals surface area contributed by atoms with Gasteiger partial charge >= 0.3 is 0 Å². The molecule has 3 rings (SSSR count). The Kier molecular flexibility index (Phi) is 3.74. The van der Waals surface area contributed by atoms with Crippen LogP contribution in [-0.2, 0) is 6.54 Å². The highest BCUT2D eigenvalue weighted by atomic mass is 16.5. The van der Waals surface area contributed by atoms with Crippen molar-refractivity contribution in [2.24, 2.45) is 0 Å². The van der Waals surface area contributed by atoms with Gasteiger partial charge in [0.15, 0.2) is 17.3 Å². The highest BCUT2D eigenvalue weighted by Gasteiger charge is 2.29. The maximum absolute atomic E-state index is 9.59. The third-order valence-electron chi connectivity index (χ3n) is 3.65. The number of hydrogen-bond acceptors (Lipinski definition) is 6. The van der Waals surface area contributed by atoms with E-state index in [9.17, 15) is 5.11 Å². The number of aromatic nitrogens is 4. The summed E-state index contributed by atoms with van der Waals surface area (Å²) >= 11 is 0. The van der Waals surface area contributed by atoms with Crippen LogP contribution in [0, 0.1) is 0 Å². The van der Waals surface area contributed by atoms with Crippen molar-refractivity contribution >= 4 is 0 Å². The van der Waals surface area contributed by atoms with E-state index in [2.05, 4.69) is 20.8 Å². The van der Waals surface area contributed by atoms with Gasteiger partial charge in [-0.1, -0.05) is 6.07 Å². The van der Waals surface area contributed by atoms with Crippen molar-refractivity contribution in [2.75, 3.05) is 7.11 Å². The molecule has 1 heterocycles. The molecule has 1 atom stereocenters. The SMILES string of the molecule is COc1cc(CN[C@@H](C)c2nnnn2C2CC2)ccc1O. The molecule has 21 heavy (non-hydrogen) atoms. The minimum Gasteiger partial charge on any atom is -0.504 e. The van der Waals surface area contributed by atoms with E-state index in [4.69, 9.17) is 4.74 Å². The maximum Gasteiger partial charge on any atom is 0.168 e. The molecule has 0 saturated heterocycles. The van der Waals surface area contributed by atoms with Gasteiger partial charge in [0, 0.05) is 6.54 Å². The molecule has 0 aliphatic heterocycles. The number of methoxy groups -OCH3 is 1. The van der Waals surface area contributed by atoms with E-state index >= 15 is 0 Å². The molecule has 0 radical (unpaired) electrons. The molecule has 1 aromatic carbocycles. The third-order valence-corrected chi connectivity index (χ3v) is 3.65. The van der Waals surface area contributed by atoms with Gasteiger partial charge in [-0.05, 0) is 47.9 Å². The topological polar surface area (TPSA) is 85.1 Å². The Hall–Kier alpha value is -2.15. The lowest BCUT2D eigenvalue weighted by Gasteiger charge is -2.14. The number of nitrogens with zero attached hydrogens (tertiary/aromatic N) is 4. The molecular formula is C14H19N5O2. The monoisotopic (exact) mass is 289 g/mol. The molecule has 1 fully saturated rings. The molecule has 1 saturated carbocycles. The number of nitrogens with one attached hydrogen (secondary N) is 1. The average Bonchev–Trinajstić information content (AvgIpc) is 3.23. The molecular weight excluding hydrogens is 270 g/mol. The van der Waals surface area contributed by atoms with Gasteiger partial charge in [-0.2, -0.15) is 0 Å². The van der Waals surface area contributed by atoms with Crippen molar-refractivity contribution < 1.29 is 9.84 Å². The molecule has 2 aromatic rings. The first-order chi connectivity index (χ1) is 10.2. The van der Waals surface area contributed by atoms with Crippen LogP contribution in [0.4, 0.5) is 0 Å². The van der Waals surface area contributed by atoms with Gasteiger partial charge in [0.25, 0.3) is 0 Å². The van der Waals surface area contributed by atoms with Gasteiger partial charge < -0.3 is 15.2 Å². The van der Waals surface area contributed by atoms with Gasteiger partial charge in [-0.25, -0.2) is 4.68 Å². The van der Waals surface area contributed by atoms with E-state index in [1.165, 1.54) is 0 Å². The summed E-state index contributed by atoms with van der Waals surface area (Å²) in [7, 11) is 1.54. The van der Waals surface area contributed by atoms with E-state index in [1.54, 1.807) is 13.2 Å². The second kappa shape index (κ2) is 5.69. The first-order valence-corrected chi connectivity index (χ1v) is 7.06. The number of phenolic OH excluding ortho intramolecular Hbond substituents is 1. The van der Waals surface area contributed by atoms with Crippen molar-refractivity contribution in [3.05, 3.63) is 29.6 Å². The lowest BCUT2D eigenvalue weighted by Crippen LogP contribution is -2.22. The summed E-state index contributed by atoms with van der Waals surface area (Å²) in [6, 6.07) is 5.84. The van der Waals surface area contributed by atoms with Crippen molar-refractivity contribution in [1.82, 2.24) is 25.5 Å². The van der Waals surface area contributed by atoms with Crippen molar-refractivity contribution in [3.63, 3.8) is 0 Å². The van der Waals surface area contributed by atoms with E-state index < -0.39 is 0 Å². The number of hydrogen-bond donors (Lipinski definition) is 2. The predicted molar refractivity (Wildman–Crippen MR) is 76.0 cm³/mol. The van der Waals surface area contributed by atoms with Crippen LogP contribution in [0.25, 0.3) is 0 Å². The van der Waals surface area contributed by atoms with Gasteiger partial charge in [0.05, 0.1) is 19.2 Å². The van der Waals surface area contributed by atoms with Crippen LogP contribution in [0.3, 0.4) is 0 Å². The van der Waals surface area contributed by atoms with Crippen LogP contribution < -0.4 is 10.1 Å². The lowest BCUT2D eigenvalue weighted by atomic mass is 10.2. The van der Waals surface area contributed by atoms with Crippen LogP contribution in [-0.4, -0.2) is 32.4 Å². The zero-order valence-corrected chi connectivity index (χ0v) is 12.2. The number of ether oxygens (including phenoxy) is 1. The molecule has 112 valence electrons. The van der Waals surface area contributed by atoms with E-state index in [1.807, 2.05) is 23.7 Å². The fraction of sp³-hybridized carbons (Fsp3) is 0.500. The quantitative estimate of drug-likeness (QED) is 0.839. The molecule has 0 bridgehead atoms. The normalized spacial score (nSPS) is 15.9. The zero-order chi connectivity index (χ0) is 14.8. The van der Waals surface area contributed by atoms with Crippen LogP contribution in [0.5, 0.6) is 11.5 Å². The number of benzene rings is 1. The number of tetrazole rings is 1. The molecule has 0 amide bonds. The number of aromatic hydroxyl groups is 1. The second-order valence-corrected chi connectivity index (χ2v) is 5.32. The van der Waals surface area contributed by atoms with Crippen LogP contribution in [0.15, 0.2) is 18.2 Å². The predicted octanol–water partition coefficient (Wildman–Crippen LogP) is 1.57. The molecule has 1 aromatic heterocycles. The van der Waals surface area contributed by atoms with Crippen LogP contribution in [0.1, 0.15) is 43.2 Å². The Labute approximate surface area is 122 Å². The average molecular weight is 289 g/mol. The lowest BCUT2D eigenvalue weighted by molar-refractivity contribution is 0.372. The fourth-order valence-electron chi connectivity index (χ4n) is 2.26. The molecule has 7 heteroatoms. The molecule has 2 N–H and O–H groups in total. The standard InChI is InChI=1S/C14H19N5O2/c1-9(14-16-17-18-19(14)11-4-5-11)15-8-10-3-6-12(20)13(7-10)21-2/h3,6-7,9,11,15,20H,4-5,8H2,1-2H3/t9-/m0/s1. The Morgan fingerprint density at radius 1 is 1.48 bits per heavy atom. The molecule has 0 unspecified atom stereocenters. The Morgan fingerprint density at radius 2 is 2.29 bits per heavy atom. The largest absolute Gasteiger partial charge is 0.504 e. The zero-order valence-electron chi connectivity index (χ0n) is 12.2. The molecule has 1 aliphatic rings. The highest BCUT2D eigenvalue weighted by molar-refractivity contribution is 5.41. The van der Waals surface area contributed by atoms with E-state index in [-0.39, 0.29) is 11.8 Å². The minimum atomic E-state index is 0.0559. The highest BCUT2D eigenvalue weighted by Crippen LogP contribution is 2.35. The summed E-state index contributed by atoms with van der Waals surface area (Å²) in [6.07, 6.45) is 2.31. The smallest absolute Gasteiger partial charge is 0.168 e. The van der Waals surface area contributed by atoms with Gasteiger partial charge in [-0.15, -0.1) is 5.10 Å². The van der Waals surface area contributed by atoms with Crippen molar-refractivity contribution in [1.29, 1.82) is 0 Å². The molecule has 1 aliphatic carbocycles. The summed E-state index contributed by atoms with van der Waals surface area (Å²) in [5.41, 5.74) is 1.03. The van der Waals surface area contributed by atoms with Gasteiger partial charge in [0.2, 0.25) is 0 Å². The Balaban J connectivity index is 1.65. The summed E-state index contributed by atoms with van der Waals surface area (Å²) in [6.45, 7) is 2.69. The fourth-order valence-corrected chi connectivity index (χ4v) is 2.26. The minimum absolute atomic E-state index is 0.0559. The summed E-state index contributed by atoms with van der Waals surface area (Å²) < 4.78 is 7.02.